The maximum absolute atomic E-state index is 9.19. The zero-order valence-electron chi connectivity index (χ0n) is 10.6. The Labute approximate surface area is 108 Å². The molecule has 2 heterocycles. The predicted octanol–water partition coefficient (Wildman–Crippen LogP) is 1.72. The maximum atomic E-state index is 9.19. The summed E-state index contributed by atoms with van der Waals surface area (Å²) in [6.07, 6.45) is 7.14. The number of aliphatic hydroxyl groups is 1. The van der Waals surface area contributed by atoms with Crippen LogP contribution in [-0.2, 0) is 11.3 Å². The van der Waals surface area contributed by atoms with E-state index in [0.29, 0.717) is 12.1 Å². The molecule has 18 heavy (non-hydrogen) atoms. The quantitative estimate of drug-likeness (QED) is 0.865. The van der Waals surface area contributed by atoms with Gasteiger partial charge >= 0.3 is 0 Å². The van der Waals surface area contributed by atoms with Crippen molar-refractivity contribution in [3.63, 3.8) is 0 Å². The van der Waals surface area contributed by atoms with Crippen LogP contribution in [0.3, 0.4) is 0 Å². The van der Waals surface area contributed by atoms with Gasteiger partial charge in [-0.1, -0.05) is 12.8 Å². The molecule has 4 nitrogen and oxygen atoms in total. The molecular weight excluding hydrogens is 228 g/mol. The van der Waals surface area contributed by atoms with Crippen LogP contribution < -0.4 is 4.90 Å². The summed E-state index contributed by atoms with van der Waals surface area (Å²) in [5, 5.41) is 9.19. The van der Waals surface area contributed by atoms with E-state index in [1.807, 2.05) is 12.1 Å². The average Bonchev–Trinajstić information content (AvgIpc) is 2.47. The number of pyridine rings is 1. The third-order valence-electron chi connectivity index (χ3n) is 4.03. The molecule has 1 saturated heterocycles. The average molecular weight is 248 g/mol. The van der Waals surface area contributed by atoms with Gasteiger partial charge in [-0.3, -0.25) is 4.98 Å². The van der Waals surface area contributed by atoms with Crippen molar-refractivity contribution in [1.82, 2.24) is 4.98 Å². The minimum Gasteiger partial charge on any atom is -0.390 e. The molecule has 0 aromatic carbocycles. The molecule has 2 unspecified atom stereocenters. The van der Waals surface area contributed by atoms with Gasteiger partial charge in [0.05, 0.1) is 31.1 Å². The highest BCUT2D eigenvalue weighted by molar-refractivity contribution is 5.48. The fourth-order valence-corrected chi connectivity index (χ4v) is 3.15. The zero-order chi connectivity index (χ0) is 12.4. The number of anilines is 1. The van der Waals surface area contributed by atoms with Gasteiger partial charge in [-0.15, -0.1) is 0 Å². The molecule has 3 rings (SSSR count). The number of morpholine rings is 1. The second-order valence-corrected chi connectivity index (χ2v) is 5.12. The summed E-state index contributed by atoms with van der Waals surface area (Å²) < 4.78 is 5.88. The molecule has 2 fully saturated rings. The van der Waals surface area contributed by atoms with Gasteiger partial charge in [0.15, 0.2) is 0 Å². The van der Waals surface area contributed by atoms with Crippen molar-refractivity contribution < 1.29 is 9.84 Å². The summed E-state index contributed by atoms with van der Waals surface area (Å²) in [6.45, 7) is 1.75. The van der Waals surface area contributed by atoms with Gasteiger partial charge in [-0.25, -0.2) is 0 Å². The lowest BCUT2D eigenvalue weighted by Crippen LogP contribution is -2.52. The van der Waals surface area contributed by atoms with E-state index in [9.17, 15) is 5.11 Å². The van der Waals surface area contributed by atoms with Crippen molar-refractivity contribution in [3.05, 3.63) is 24.0 Å². The molecule has 1 aromatic rings. The van der Waals surface area contributed by atoms with Gasteiger partial charge in [-0.05, 0) is 25.0 Å². The van der Waals surface area contributed by atoms with E-state index in [0.717, 1.165) is 18.8 Å². The molecule has 0 radical (unpaired) electrons. The van der Waals surface area contributed by atoms with Crippen LogP contribution in [0.5, 0.6) is 0 Å². The van der Waals surface area contributed by atoms with Crippen LogP contribution >= 0.6 is 0 Å². The van der Waals surface area contributed by atoms with Crippen LogP contribution in [0, 0.1) is 0 Å². The molecule has 1 aromatic heterocycles. The number of ether oxygens (including phenoxy) is 1. The highest BCUT2D eigenvalue weighted by atomic mass is 16.5. The molecule has 1 N–H and O–H groups in total. The van der Waals surface area contributed by atoms with Crippen molar-refractivity contribution in [2.75, 3.05) is 18.1 Å². The van der Waals surface area contributed by atoms with Crippen molar-refractivity contribution >= 4 is 5.69 Å². The minimum absolute atomic E-state index is 0.00623. The normalized spacial score (nSPS) is 27.9. The first-order chi connectivity index (χ1) is 8.88. The fraction of sp³-hybridized carbons (Fsp3) is 0.643. The van der Waals surface area contributed by atoms with E-state index in [-0.39, 0.29) is 6.61 Å². The smallest absolute Gasteiger partial charge is 0.0853 e. The molecule has 0 spiro atoms. The number of hydrogen-bond acceptors (Lipinski definition) is 4. The Morgan fingerprint density at radius 3 is 3.17 bits per heavy atom. The third kappa shape index (κ3) is 2.22. The van der Waals surface area contributed by atoms with E-state index in [1.165, 1.54) is 31.4 Å². The van der Waals surface area contributed by atoms with Crippen LogP contribution in [0.15, 0.2) is 18.3 Å². The van der Waals surface area contributed by atoms with Crippen LogP contribution in [0.2, 0.25) is 0 Å². The van der Waals surface area contributed by atoms with Gasteiger partial charge < -0.3 is 14.7 Å². The van der Waals surface area contributed by atoms with Crippen molar-refractivity contribution in [2.24, 2.45) is 0 Å². The zero-order valence-corrected chi connectivity index (χ0v) is 10.6. The molecule has 4 heteroatoms. The first kappa shape index (κ1) is 11.9. The van der Waals surface area contributed by atoms with Crippen molar-refractivity contribution in [1.29, 1.82) is 0 Å². The van der Waals surface area contributed by atoms with Gasteiger partial charge in [-0.2, -0.15) is 0 Å². The number of aromatic nitrogens is 1. The molecular formula is C14H20N2O2. The summed E-state index contributed by atoms with van der Waals surface area (Å²) in [5.41, 5.74) is 1.92. The second-order valence-electron chi connectivity index (χ2n) is 5.12. The van der Waals surface area contributed by atoms with Crippen LogP contribution in [0.1, 0.15) is 31.4 Å². The molecule has 1 aliphatic carbocycles. The molecule has 98 valence electrons. The second kappa shape index (κ2) is 5.24. The van der Waals surface area contributed by atoms with Crippen LogP contribution in [0.4, 0.5) is 5.69 Å². The van der Waals surface area contributed by atoms with Crippen molar-refractivity contribution in [2.45, 2.75) is 44.4 Å². The number of fused-ring (bicyclic) bond motifs is 1. The van der Waals surface area contributed by atoms with Gasteiger partial charge in [0, 0.05) is 18.4 Å². The highest BCUT2D eigenvalue weighted by Crippen LogP contribution is 2.31. The SMILES string of the molecule is OCc1cc(N2CCOC3CCCCC32)ccn1. The van der Waals surface area contributed by atoms with Gasteiger partial charge in [0.25, 0.3) is 0 Å². The summed E-state index contributed by atoms with van der Waals surface area (Å²) in [7, 11) is 0. The Bertz CT molecular complexity index is 409. The van der Waals surface area contributed by atoms with Crippen LogP contribution in [-0.4, -0.2) is 35.4 Å². The third-order valence-corrected chi connectivity index (χ3v) is 4.03. The Morgan fingerprint density at radius 1 is 1.39 bits per heavy atom. The van der Waals surface area contributed by atoms with Gasteiger partial charge in [0.1, 0.15) is 0 Å². The highest BCUT2D eigenvalue weighted by Gasteiger charge is 2.34. The summed E-state index contributed by atoms with van der Waals surface area (Å²) in [5.74, 6) is 0. The van der Waals surface area contributed by atoms with E-state index >= 15 is 0 Å². The Morgan fingerprint density at radius 2 is 2.28 bits per heavy atom. The maximum Gasteiger partial charge on any atom is 0.0853 e. The molecule has 1 aliphatic heterocycles. The number of nitrogens with zero attached hydrogens (tertiary/aromatic N) is 2. The van der Waals surface area contributed by atoms with E-state index in [4.69, 9.17) is 4.74 Å². The van der Waals surface area contributed by atoms with Crippen LogP contribution in [0.25, 0.3) is 0 Å². The molecule has 2 aliphatic rings. The largest absolute Gasteiger partial charge is 0.390 e. The monoisotopic (exact) mass is 248 g/mol. The van der Waals surface area contributed by atoms with E-state index in [1.54, 1.807) is 6.20 Å². The first-order valence-electron chi connectivity index (χ1n) is 6.82. The Hall–Kier alpha value is -1.13. The lowest BCUT2D eigenvalue weighted by atomic mass is 9.90. The summed E-state index contributed by atoms with van der Waals surface area (Å²) in [6, 6.07) is 4.54. The molecule has 0 amide bonds. The molecule has 0 bridgehead atoms. The Kier molecular flexibility index (Phi) is 3.48. The first-order valence-corrected chi connectivity index (χ1v) is 6.82. The predicted molar refractivity (Wildman–Crippen MR) is 69.5 cm³/mol. The standard InChI is InChI=1S/C14H20N2O2/c17-10-11-9-12(5-6-15-11)16-7-8-18-14-4-2-1-3-13(14)16/h5-6,9,13-14,17H,1-4,7-8,10H2. The molecule has 2 atom stereocenters. The fourth-order valence-electron chi connectivity index (χ4n) is 3.15. The summed E-state index contributed by atoms with van der Waals surface area (Å²) >= 11 is 0. The molecule has 1 saturated carbocycles. The Balaban J connectivity index is 1.84. The van der Waals surface area contributed by atoms with Crippen molar-refractivity contribution in [3.8, 4) is 0 Å². The number of hydrogen-bond donors (Lipinski definition) is 1. The topological polar surface area (TPSA) is 45.6 Å². The van der Waals surface area contributed by atoms with Gasteiger partial charge in [0.2, 0.25) is 0 Å². The van der Waals surface area contributed by atoms with E-state index < -0.39 is 0 Å². The lowest BCUT2D eigenvalue weighted by Gasteiger charge is -2.45. The lowest BCUT2D eigenvalue weighted by molar-refractivity contribution is -0.00869. The number of aliphatic hydroxyl groups excluding tert-OH is 1. The number of rotatable bonds is 2. The van der Waals surface area contributed by atoms with E-state index in [2.05, 4.69) is 9.88 Å². The summed E-state index contributed by atoms with van der Waals surface area (Å²) in [4.78, 5) is 6.59. The minimum atomic E-state index is 0.00623.